The number of para-hydroxylation sites is 1. The average Bonchev–Trinajstić information content (AvgIpc) is 2.84. The molecule has 1 saturated heterocycles. The van der Waals surface area contributed by atoms with Gasteiger partial charge in [0.2, 0.25) is 0 Å². The van der Waals surface area contributed by atoms with Gasteiger partial charge < -0.3 is 15.0 Å². The van der Waals surface area contributed by atoms with Crippen LogP contribution in [0.1, 0.15) is 67.9 Å². The molecule has 2 heterocycles. The van der Waals surface area contributed by atoms with Gasteiger partial charge in [-0.1, -0.05) is 45.4 Å². The van der Waals surface area contributed by atoms with E-state index in [1.54, 1.807) is 31.6 Å². The molecule has 0 unspecified atom stereocenters. The van der Waals surface area contributed by atoms with E-state index in [-0.39, 0.29) is 5.91 Å². The predicted octanol–water partition coefficient (Wildman–Crippen LogP) is 5.53. The van der Waals surface area contributed by atoms with Crippen LogP contribution in [0.15, 0.2) is 42.7 Å². The molecule has 0 atom stereocenters. The summed E-state index contributed by atoms with van der Waals surface area (Å²) in [6, 6.07) is 9.98. The van der Waals surface area contributed by atoms with Crippen LogP contribution < -0.4 is 10.1 Å². The minimum atomic E-state index is -0.0462. The minimum Gasteiger partial charge on any atom is -0.496 e. The fourth-order valence-corrected chi connectivity index (χ4v) is 3.99. The molecule has 0 saturated carbocycles. The smallest absolute Gasteiger partial charge is 0.252 e. The molecule has 0 bridgehead atoms. The van der Waals surface area contributed by atoms with Crippen molar-refractivity contribution in [3.63, 3.8) is 0 Å². The average molecular weight is 454 g/mol. The Morgan fingerprint density at radius 3 is 2.55 bits per heavy atom. The zero-order chi connectivity index (χ0) is 24.1. The second-order valence-electron chi connectivity index (χ2n) is 9.39. The molecule has 5 heteroatoms. The molecule has 3 rings (SSSR count). The predicted molar refractivity (Wildman–Crippen MR) is 137 cm³/mol. The number of piperidine rings is 1. The molecule has 1 aliphatic rings. The van der Waals surface area contributed by atoms with E-state index in [1.165, 1.54) is 36.8 Å². The molecule has 0 aliphatic carbocycles. The summed E-state index contributed by atoms with van der Waals surface area (Å²) in [6.45, 7) is 12.6. The van der Waals surface area contributed by atoms with Gasteiger partial charge in [0.25, 0.3) is 5.91 Å². The van der Waals surface area contributed by atoms with Crippen molar-refractivity contribution in [1.29, 1.82) is 0 Å². The second-order valence-corrected chi connectivity index (χ2v) is 9.39. The van der Waals surface area contributed by atoms with Gasteiger partial charge in [-0.15, -0.1) is 0 Å². The number of methoxy groups -OCH3 is 1. The number of aryl methyl sites for hydroxylation is 2. The van der Waals surface area contributed by atoms with Crippen molar-refractivity contribution in [2.45, 2.75) is 59.8 Å². The van der Waals surface area contributed by atoms with Crippen LogP contribution in [0.3, 0.4) is 0 Å². The number of rotatable bonds is 9. The van der Waals surface area contributed by atoms with Gasteiger partial charge in [-0.3, -0.25) is 9.78 Å². The maximum atomic E-state index is 12.1. The monoisotopic (exact) mass is 453 g/mol. The third kappa shape index (κ3) is 9.55. The fraction of sp³-hybridized carbons (Fsp3) is 0.571. The summed E-state index contributed by atoms with van der Waals surface area (Å²) in [4.78, 5) is 18.5. The highest BCUT2D eigenvalue weighted by Crippen LogP contribution is 2.28. The number of hydrogen-bond donors (Lipinski definition) is 1. The van der Waals surface area contributed by atoms with Crippen LogP contribution in [-0.4, -0.2) is 49.1 Å². The Labute approximate surface area is 200 Å². The lowest BCUT2D eigenvalue weighted by atomic mass is 9.90. The number of carbonyl (C=O) groups excluding carboxylic acids is 1. The van der Waals surface area contributed by atoms with E-state index in [4.69, 9.17) is 4.74 Å². The van der Waals surface area contributed by atoms with Gasteiger partial charge in [-0.2, -0.15) is 0 Å². The normalized spacial score (nSPS) is 14.5. The Bertz CT molecular complexity index is 815. The number of pyridine rings is 1. The number of hydrogen-bond acceptors (Lipinski definition) is 4. The van der Waals surface area contributed by atoms with Crippen molar-refractivity contribution in [2.24, 2.45) is 11.8 Å². The van der Waals surface area contributed by atoms with Gasteiger partial charge in [0.1, 0.15) is 5.75 Å². The van der Waals surface area contributed by atoms with Crippen molar-refractivity contribution >= 4 is 5.91 Å². The highest BCUT2D eigenvalue weighted by molar-refractivity contribution is 5.93. The first-order chi connectivity index (χ1) is 15.9. The Balaban J connectivity index is 0.000000696. The molecule has 33 heavy (non-hydrogen) atoms. The van der Waals surface area contributed by atoms with E-state index >= 15 is 0 Å². The van der Waals surface area contributed by atoms with Crippen LogP contribution in [0.2, 0.25) is 0 Å². The number of nitrogens with zero attached hydrogens (tertiary/aromatic N) is 2. The number of benzene rings is 1. The summed E-state index contributed by atoms with van der Waals surface area (Å²) >= 11 is 0. The van der Waals surface area contributed by atoms with Crippen LogP contribution in [0.4, 0.5) is 0 Å². The lowest BCUT2D eigenvalue weighted by molar-refractivity contribution is 0.0943. The molecule has 1 N–H and O–H groups in total. The van der Waals surface area contributed by atoms with Crippen molar-refractivity contribution in [3.8, 4) is 5.75 Å². The molecule has 1 aliphatic heterocycles. The lowest BCUT2D eigenvalue weighted by Crippen LogP contribution is -2.39. The molecule has 1 fully saturated rings. The summed E-state index contributed by atoms with van der Waals surface area (Å²) in [5.41, 5.74) is 3.15. The van der Waals surface area contributed by atoms with E-state index in [0.29, 0.717) is 12.1 Å². The van der Waals surface area contributed by atoms with Crippen molar-refractivity contribution in [2.75, 3.05) is 33.3 Å². The van der Waals surface area contributed by atoms with Gasteiger partial charge in [-0.05, 0) is 80.8 Å². The van der Waals surface area contributed by atoms with Crippen LogP contribution in [0.25, 0.3) is 0 Å². The first-order valence-electron chi connectivity index (χ1n) is 12.5. The number of aromatic nitrogens is 1. The minimum absolute atomic E-state index is 0.0462. The van der Waals surface area contributed by atoms with Crippen LogP contribution in [0.5, 0.6) is 5.75 Å². The summed E-state index contributed by atoms with van der Waals surface area (Å²) < 4.78 is 5.58. The number of ether oxygens (including phenoxy) is 1. The van der Waals surface area contributed by atoms with Crippen LogP contribution in [-0.2, 0) is 6.42 Å². The molecule has 0 spiro atoms. The van der Waals surface area contributed by atoms with E-state index in [9.17, 15) is 4.79 Å². The Morgan fingerprint density at radius 2 is 1.94 bits per heavy atom. The number of carbonyl (C=O) groups is 1. The first-order valence-corrected chi connectivity index (χ1v) is 12.5. The quantitative estimate of drug-likeness (QED) is 0.543. The maximum absolute atomic E-state index is 12.1. The second kappa shape index (κ2) is 14.7. The van der Waals surface area contributed by atoms with Crippen molar-refractivity contribution < 1.29 is 9.53 Å². The van der Waals surface area contributed by atoms with Gasteiger partial charge >= 0.3 is 0 Å². The summed E-state index contributed by atoms with van der Waals surface area (Å²) in [5.74, 6) is 2.65. The summed E-state index contributed by atoms with van der Waals surface area (Å²) in [7, 11) is 1.76. The standard InChI is InChI=1S/C23H31N3O2.C5H12/c1-18-5-3-6-20(22(18)28-2)9-8-19-10-14-26(15-11-19)16-13-25-23(27)21-7-4-12-24-17-21;1-4-5(2)3/h3-7,12,17,19H,8-11,13-16H2,1-2H3,(H,25,27);5H,4H2,1-3H3. The zero-order valence-corrected chi connectivity index (χ0v) is 21.3. The topological polar surface area (TPSA) is 54.5 Å². The van der Waals surface area contributed by atoms with Crippen LogP contribution in [0, 0.1) is 18.8 Å². The SMILES string of the molecule is CCC(C)C.COc1c(C)cccc1CCC1CCN(CCNC(=O)c2cccnc2)CC1. The largest absolute Gasteiger partial charge is 0.496 e. The highest BCUT2D eigenvalue weighted by atomic mass is 16.5. The molecule has 1 aromatic carbocycles. The van der Waals surface area contributed by atoms with E-state index in [2.05, 4.69) is 61.1 Å². The van der Waals surface area contributed by atoms with Crippen LogP contribution >= 0.6 is 0 Å². The summed E-state index contributed by atoms with van der Waals surface area (Å²) in [5, 5.41) is 2.99. The Kier molecular flexibility index (Phi) is 12.0. The van der Waals surface area contributed by atoms with Gasteiger partial charge in [-0.25, -0.2) is 0 Å². The lowest BCUT2D eigenvalue weighted by Gasteiger charge is -2.32. The number of nitrogens with one attached hydrogen (secondary N) is 1. The number of likely N-dealkylation sites (tertiary alicyclic amines) is 1. The van der Waals surface area contributed by atoms with E-state index < -0.39 is 0 Å². The molecular formula is C28H43N3O2. The molecular weight excluding hydrogens is 410 g/mol. The molecule has 1 amide bonds. The van der Waals surface area contributed by atoms with E-state index in [0.717, 1.165) is 43.6 Å². The zero-order valence-electron chi connectivity index (χ0n) is 21.3. The molecule has 1 aromatic heterocycles. The molecule has 2 aromatic rings. The van der Waals surface area contributed by atoms with E-state index in [1.807, 2.05) is 0 Å². The third-order valence-electron chi connectivity index (χ3n) is 6.48. The van der Waals surface area contributed by atoms with Crippen molar-refractivity contribution in [1.82, 2.24) is 15.2 Å². The van der Waals surface area contributed by atoms with Gasteiger partial charge in [0.15, 0.2) is 0 Å². The highest BCUT2D eigenvalue weighted by Gasteiger charge is 2.19. The molecule has 0 radical (unpaired) electrons. The fourth-order valence-electron chi connectivity index (χ4n) is 3.99. The van der Waals surface area contributed by atoms with Gasteiger partial charge in [0, 0.05) is 25.5 Å². The van der Waals surface area contributed by atoms with Gasteiger partial charge in [0.05, 0.1) is 12.7 Å². The van der Waals surface area contributed by atoms with Crippen molar-refractivity contribution in [3.05, 3.63) is 59.4 Å². The maximum Gasteiger partial charge on any atom is 0.252 e. The summed E-state index contributed by atoms with van der Waals surface area (Å²) in [6.07, 6.45) is 9.33. The Morgan fingerprint density at radius 1 is 1.21 bits per heavy atom. The Hall–Kier alpha value is -2.40. The third-order valence-corrected chi connectivity index (χ3v) is 6.48. The molecule has 182 valence electrons. The number of amides is 1. The first kappa shape index (κ1) is 26.8. The molecule has 5 nitrogen and oxygen atoms in total.